The fourth-order valence-electron chi connectivity index (χ4n) is 0.948. The van der Waals surface area contributed by atoms with Crippen molar-refractivity contribution in [3.05, 3.63) is 29.8 Å². The summed E-state index contributed by atoms with van der Waals surface area (Å²) in [5.74, 6) is 0.907. The van der Waals surface area contributed by atoms with E-state index in [1.54, 1.807) is 7.11 Å². The maximum Gasteiger partial charge on any atom is 0.118 e. The molecule has 0 unspecified atom stereocenters. The van der Waals surface area contributed by atoms with Crippen LogP contribution in [0.3, 0.4) is 0 Å². The Morgan fingerprint density at radius 3 is 2.00 bits per heavy atom. The SMILES string of the molecule is CCC.CNCc1ccc(OC)cc1. The van der Waals surface area contributed by atoms with E-state index in [2.05, 4.69) is 31.3 Å². The van der Waals surface area contributed by atoms with Crippen LogP contribution >= 0.6 is 0 Å². The molecule has 0 aliphatic carbocycles. The number of ether oxygens (including phenoxy) is 1. The van der Waals surface area contributed by atoms with Gasteiger partial charge in [0, 0.05) is 6.54 Å². The Kier molecular flexibility index (Phi) is 7.95. The molecular weight excluding hydrogens is 174 g/mol. The number of hydrogen-bond donors (Lipinski definition) is 1. The Morgan fingerprint density at radius 2 is 1.64 bits per heavy atom. The molecule has 0 bridgehead atoms. The molecule has 0 aliphatic rings. The Labute approximate surface area is 87.3 Å². The first-order valence-corrected chi connectivity index (χ1v) is 5.06. The molecule has 1 rings (SSSR count). The van der Waals surface area contributed by atoms with E-state index in [0.717, 1.165) is 12.3 Å². The molecule has 2 nitrogen and oxygen atoms in total. The Hall–Kier alpha value is -1.02. The molecule has 0 aromatic heterocycles. The zero-order valence-corrected chi connectivity index (χ0v) is 9.63. The minimum Gasteiger partial charge on any atom is -0.497 e. The number of benzene rings is 1. The number of nitrogens with one attached hydrogen (secondary N) is 1. The van der Waals surface area contributed by atoms with Crippen LogP contribution in [-0.4, -0.2) is 14.2 Å². The van der Waals surface area contributed by atoms with E-state index in [1.165, 1.54) is 12.0 Å². The lowest BCUT2D eigenvalue weighted by atomic mass is 10.2. The molecular formula is C12H21NO. The lowest BCUT2D eigenvalue weighted by Gasteiger charge is -2.01. The van der Waals surface area contributed by atoms with E-state index < -0.39 is 0 Å². The van der Waals surface area contributed by atoms with Gasteiger partial charge in [-0.2, -0.15) is 0 Å². The fourth-order valence-corrected chi connectivity index (χ4v) is 0.948. The van der Waals surface area contributed by atoms with Crippen LogP contribution in [0.2, 0.25) is 0 Å². The molecule has 2 heteroatoms. The maximum absolute atomic E-state index is 5.03. The van der Waals surface area contributed by atoms with Crippen molar-refractivity contribution in [3.8, 4) is 5.75 Å². The first-order chi connectivity index (χ1) is 6.78. The monoisotopic (exact) mass is 195 g/mol. The predicted molar refractivity (Wildman–Crippen MR) is 61.7 cm³/mol. The lowest BCUT2D eigenvalue weighted by Crippen LogP contribution is -2.04. The number of methoxy groups -OCH3 is 1. The van der Waals surface area contributed by atoms with Gasteiger partial charge in [-0.3, -0.25) is 0 Å². The molecule has 0 spiro atoms. The minimum absolute atomic E-state index is 0.907. The fraction of sp³-hybridized carbons (Fsp3) is 0.500. The summed E-state index contributed by atoms with van der Waals surface area (Å²) in [5.41, 5.74) is 1.27. The van der Waals surface area contributed by atoms with E-state index in [9.17, 15) is 0 Å². The smallest absolute Gasteiger partial charge is 0.118 e. The van der Waals surface area contributed by atoms with Crippen molar-refractivity contribution in [2.24, 2.45) is 0 Å². The highest BCUT2D eigenvalue weighted by Gasteiger charge is 1.90. The summed E-state index contributed by atoms with van der Waals surface area (Å²) in [5, 5.41) is 3.08. The highest BCUT2D eigenvalue weighted by atomic mass is 16.5. The van der Waals surface area contributed by atoms with Crippen molar-refractivity contribution in [1.29, 1.82) is 0 Å². The summed E-state index contributed by atoms with van der Waals surface area (Å²) in [4.78, 5) is 0. The van der Waals surface area contributed by atoms with Gasteiger partial charge in [0.1, 0.15) is 5.75 Å². The van der Waals surface area contributed by atoms with Gasteiger partial charge in [-0.25, -0.2) is 0 Å². The molecule has 0 amide bonds. The molecule has 80 valence electrons. The quantitative estimate of drug-likeness (QED) is 0.800. The average Bonchev–Trinajstić information content (AvgIpc) is 2.21. The van der Waals surface area contributed by atoms with Crippen LogP contribution < -0.4 is 10.1 Å². The second-order valence-corrected chi connectivity index (χ2v) is 3.09. The molecule has 0 aliphatic heterocycles. The zero-order valence-electron chi connectivity index (χ0n) is 9.63. The maximum atomic E-state index is 5.03. The van der Waals surface area contributed by atoms with Crippen LogP contribution in [0, 0.1) is 0 Å². The van der Waals surface area contributed by atoms with E-state index in [-0.39, 0.29) is 0 Å². The van der Waals surface area contributed by atoms with Crippen LogP contribution in [-0.2, 0) is 6.54 Å². The largest absolute Gasteiger partial charge is 0.497 e. The van der Waals surface area contributed by atoms with Crippen LogP contribution in [0.5, 0.6) is 5.75 Å². The molecule has 0 fully saturated rings. The summed E-state index contributed by atoms with van der Waals surface area (Å²) >= 11 is 0. The molecule has 1 aromatic rings. The van der Waals surface area contributed by atoms with Gasteiger partial charge in [0.25, 0.3) is 0 Å². The summed E-state index contributed by atoms with van der Waals surface area (Å²) in [7, 11) is 3.61. The van der Waals surface area contributed by atoms with Crippen LogP contribution in [0.25, 0.3) is 0 Å². The molecule has 14 heavy (non-hydrogen) atoms. The van der Waals surface area contributed by atoms with Crippen molar-refractivity contribution < 1.29 is 4.74 Å². The molecule has 0 radical (unpaired) electrons. The Balaban J connectivity index is 0.000000500. The van der Waals surface area contributed by atoms with Crippen molar-refractivity contribution >= 4 is 0 Å². The zero-order chi connectivity index (χ0) is 10.8. The van der Waals surface area contributed by atoms with Gasteiger partial charge in [0.2, 0.25) is 0 Å². The third kappa shape index (κ3) is 5.60. The van der Waals surface area contributed by atoms with Crippen molar-refractivity contribution in [2.45, 2.75) is 26.8 Å². The van der Waals surface area contributed by atoms with Gasteiger partial charge in [0.05, 0.1) is 7.11 Å². The van der Waals surface area contributed by atoms with Crippen molar-refractivity contribution in [2.75, 3.05) is 14.2 Å². The normalized spacial score (nSPS) is 8.86. The van der Waals surface area contributed by atoms with Crippen LogP contribution in [0.15, 0.2) is 24.3 Å². The minimum atomic E-state index is 0.907. The standard InChI is InChI=1S/C9H13NO.C3H8/c1-10-7-8-3-5-9(11-2)6-4-8;1-3-2/h3-6,10H,7H2,1-2H3;3H2,1-2H3. The molecule has 0 heterocycles. The second kappa shape index (κ2) is 8.57. The topological polar surface area (TPSA) is 21.3 Å². The van der Waals surface area contributed by atoms with Crippen LogP contribution in [0.1, 0.15) is 25.8 Å². The third-order valence-electron chi connectivity index (χ3n) is 1.54. The first-order valence-electron chi connectivity index (χ1n) is 5.06. The molecule has 0 saturated carbocycles. The van der Waals surface area contributed by atoms with Gasteiger partial charge in [-0.1, -0.05) is 32.4 Å². The third-order valence-corrected chi connectivity index (χ3v) is 1.54. The summed E-state index contributed by atoms with van der Waals surface area (Å²) in [6, 6.07) is 8.03. The van der Waals surface area contributed by atoms with Crippen LogP contribution in [0.4, 0.5) is 0 Å². The lowest BCUT2D eigenvalue weighted by molar-refractivity contribution is 0.414. The first kappa shape index (κ1) is 13.0. The van der Waals surface area contributed by atoms with Crippen molar-refractivity contribution in [1.82, 2.24) is 5.32 Å². The molecule has 0 atom stereocenters. The van der Waals surface area contributed by atoms with Gasteiger partial charge in [-0.05, 0) is 24.7 Å². The van der Waals surface area contributed by atoms with E-state index in [0.29, 0.717) is 0 Å². The molecule has 1 N–H and O–H groups in total. The van der Waals surface area contributed by atoms with Gasteiger partial charge >= 0.3 is 0 Å². The predicted octanol–water partition coefficient (Wildman–Crippen LogP) is 2.83. The van der Waals surface area contributed by atoms with E-state index in [1.807, 2.05) is 19.2 Å². The van der Waals surface area contributed by atoms with E-state index in [4.69, 9.17) is 4.74 Å². The second-order valence-electron chi connectivity index (χ2n) is 3.09. The van der Waals surface area contributed by atoms with Gasteiger partial charge in [0.15, 0.2) is 0 Å². The highest BCUT2D eigenvalue weighted by molar-refractivity contribution is 5.26. The summed E-state index contributed by atoms with van der Waals surface area (Å²) < 4.78 is 5.03. The number of rotatable bonds is 3. The summed E-state index contributed by atoms with van der Waals surface area (Å²) in [6.45, 7) is 5.16. The summed E-state index contributed by atoms with van der Waals surface area (Å²) in [6.07, 6.45) is 1.25. The molecule has 1 aromatic carbocycles. The van der Waals surface area contributed by atoms with Gasteiger partial charge in [-0.15, -0.1) is 0 Å². The van der Waals surface area contributed by atoms with E-state index >= 15 is 0 Å². The van der Waals surface area contributed by atoms with Crippen molar-refractivity contribution in [3.63, 3.8) is 0 Å². The average molecular weight is 195 g/mol. The highest BCUT2D eigenvalue weighted by Crippen LogP contribution is 2.10. The number of hydrogen-bond acceptors (Lipinski definition) is 2. The van der Waals surface area contributed by atoms with Gasteiger partial charge < -0.3 is 10.1 Å². The Morgan fingerprint density at radius 1 is 1.14 bits per heavy atom. The molecule has 0 saturated heterocycles. The Bertz CT molecular complexity index is 218.